The molecule has 0 amide bonds. The molecular formula is C34H66NO6+. The molecule has 0 aromatic rings. The van der Waals surface area contributed by atoms with Gasteiger partial charge in [-0.15, -0.1) is 0 Å². The minimum atomic E-state index is -0.765. The van der Waals surface area contributed by atoms with Crippen molar-refractivity contribution in [3.05, 3.63) is 0 Å². The number of rotatable bonds is 33. The Balaban J connectivity index is 4.34. The lowest BCUT2D eigenvalue weighted by Gasteiger charge is -2.39. The van der Waals surface area contributed by atoms with Crippen LogP contribution in [-0.4, -0.2) is 63.9 Å². The first-order chi connectivity index (χ1) is 19.8. The van der Waals surface area contributed by atoms with Gasteiger partial charge in [0, 0.05) is 19.3 Å². The molecule has 7 nitrogen and oxygen atoms in total. The molecule has 0 rings (SSSR count). The van der Waals surface area contributed by atoms with Crippen LogP contribution < -0.4 is 0 Å². The maximum absolute atomic E-state index is 11.0. The van der Waals surface area contributed by atoms with Gasteiger partial charge in [0.25, 0.3) is 0 Å². The third-order valence-corrected chi connectivity index (χ3v) is 8.56. The number of hydrogen-bond acceptors (Lipinski definition) is 3. The Morgan fingerprint density at radius 3 is 0.829 bits per heavy atom. The molecule has 0 radical (unpaired) electrons. The molecule has 0 aromatic carbocycles. The standard InChI is InChI=1S/C34H65NO6/c1-2-3-4-5-6-7-8-9-10-11-12-13-14-15-16-17-21-28-35(29-22-18-25-32(36)37,30-23-19-26-33(38)39)31-24-20-27-34(40)41/h2-31H2,1H3,(H2-,36,37,38,39,40,41)/p+1. The second-order valence-corrected chi connectivity index (χ2v) is 12.4. The van der Waals surface area contributed by atoms with Crippen molar-refractivity contribution in [3.8, 4) is 0 Å². The topological polar surface area (TPSA) is 112 Å². The number of carbonyl (C=O) groups is 3. The molecule has 41 heavy (non-hydrogen) atoms. The number of carboxylic acid groups (broad SMARTS) is 3. The summed E-state index contributed by atoms with van der Waals surface area (Å²) in [6.45, 7) is 5.98. The van der Waals surface area contributed by atoms with E-state index in [-0.39, 0.29) is 19.3 Å². The van der Waals surface area contributed by atoms with Gasteiger partial charge >= 0.3 is 17.9 Å². The van der Waals surface area contributed by atoms with Crippen LogP contribution in [0.3, 0.4) is 0 Å². The normalized spacial score (nSPS) is 11.6. The zero-order valence-corrected chi connectivity index (χ0v) is 26.7. The maximum Gasteiger partial charge on any atom is 0.303 e. The van der Waals surface area contributed by atoms with Gasteiger partial charge < -0.3 is 19.8 Å². The summed E-state index contributed by atoms with van der Waals surface area (Å²) in [7, 11) is 0. The summed E-state index contributed by atoms with van der Waals surface area (Å²) in [5.41, 5.74) is 0. The van der Waals surface area contributed by atoms with E-state index in [9.17, 15) is 14.4 Å². The molecule has 0 spiro atoms. The molecule has 242 valence electrons. The lowest BCUT2D eigenvalue weighted by atomic mass is 10.0. The largest absolute Gasteiger partial charge is 0.481 e. The molecule has 7 heteroatoms. The minimum absolute atomic E-state index is 0.178. The van der Waals surface area contributed by atoms with E-state index in [4.69, 9.17) is 15.3 Å². The molecule has 0 heterocycles. The highest BCUT2D eigenvalue weighted by Gasteiger charge is 2.26. The van der Waals surface area contributed by atoms with Crippen molar-refractivity contribution in [2.75, 3.05) is 26.2 Å². The van der Waals surface area contributed by atoms with Gasteiger partial charge in [0.1, 0.15) is 0 Å². The molecule has 0 aliphatic rings. The Morgan fingerprint density at radius 1 is 0.366 bits per heavy atom. The van der Waals surface area contributed by atoms with Crippen molar-refractivity contribution in [2.45, 2.75) is 174 Å². The van der Waals surface area contributed by atoms with E-state index in [0.717, 1.165) is 56.3 Å². The number of quaternary nitrogens is 1. The summed E-state index contributed by atoms with van der Waals surface area (Å²) in [4.78, 5) is 33.0. The highest BCUT2D eigenvalue weighted by molar-refractivity contribution is 5.67. The van der Waals surface area contributed by atoms with Crippen LogP contribution in [0.2, 0.25) is 0 Å². The van der Waals surface area contributed by atoms with E-state index in [1.165, 1.54) is 103 Å². The Kier molecular flexibility index (Phi) is 27.4. The van der Waals surface area contributed by atoms with Crippen molar-refractivity contribution in [3.63, 3.8) is 0 Å². The van der Waals surface area contributed by atoms with Crippen molar-refractivity contribution in [1.29, 1.82) is 0 Å². The summed E-state index contributed by atoms with van der Waals surface area (Å²) in [5, 5.41) is 27.1. The van der Waals surface area contributed by atoms with Crippen LogP contribution in [0.4, 0.5) is 0 Å². The Morgan fingerprint density at radius 2 is 0.585 bits per heavy atom. The Labute approximate surface area is 252 Å². The molecule has 0 saturated carbocycles. The molecule has 0 saturated heterocycles. The van der Waals surface area contributed by atoms with Gasteiger partial charge in [-0.2, -0.15) is 0 Å². The predicted molar refractivity (Wildman–Crippen MR) is 168 cm³/mol. The molecule has 0 aromatic heterocycles. The predicted octanol–water partition coefficient (Wildman–Crippen LogP) is 9.22. The fourth-order valence-corrected chi connectivity index (χ4v) is 6.01. The van der Waals surface area contributed by atoms with Crippen molar-refractivity contribution < 1.29 is 34.2 Å². The van der Waals surface area contributed by atoms with E-state index >= 15 is 0 Å². The zero-order valence-electron chi connectivity index (χ0n) is 26.7. The van der Waals surface area contributed by atoms with E-state index in [2.05, 4.69) is 6.92 Å². The molecule has 0 atom stereocenters. The van der Waals surface area contributed by atoms with Crippen molar-refractivity contribution in [1.82, 2.24) is 0 Å². The number of aliphatic carboxylic acids is 3. The first-order valence-corrected chi connectivity index (χ1v) is 17.3. The van der Waals surface area contributed by atoms with Crippen LogP contribution >= 0.6 is 0 Å². The number of hydrogen-bond donors (Lipinski definition) is 3. The van der Waals surface area contributed by atoms with Gasteiger partial charge in [-0.25, -0.2) is 0 Å². The summed E-state index contributed by atoms with van der Waals surface area (Å²) in [5.74, 6) is -2.29. The highest BCUT2D eigenvalue weighted by Crippen LogP contribution is 2.20. The minimum Gasteiger partial charge on any atom is -0.481 e. The summed E-state index contributed by atoms with van der Waals surface area (Å²) < 4.78 is 0.873. The third kappa shape index (κ3) is 28.3. The van der Waals surface area contributed by atoms with Gasteiger partial charge in [0.2, 0.25) is 0 Å². The summed E-state index contributed by atoms with van der Waals surface area (Å²) in [6, 6.07) is 0. The van der Waals surface area contributed by atoms with Crippen molar-refractivity contribution >= 4 is 17.9 Å². The Bertz CT molecular complexity index is 584. The molecule has 0 aliphatic carbocycles. The molecule has 0 unspecified atom stereocenters. The second kappa shape index (κ2) is 28.5. The zero-order chi connectivity index (χ0) is 30.4. The Hall–Kier alpha value is -1.63. The van der Waals surface area contributed by atoms with Gasteiger partial charge in [0.05, 0.1) is 26.2 Å². The highest BCUT2D eigenvalue weighted by atomic mass is 16.4. The number of nitrogens with zero attached hydrogens (tertiary/aromatic N) is 1. The van der Waals surface area contributed by atoms with E-state index in [1.54, 1.807) is 0 Å². The number of carboxylic acids is 3. The summed E-state index contributed by atoms with van der Waals surface area (Å²) >= 11 is 0. The average molecular weight is 585 g/mol. The van der Waals surface area contributed by atoms with Gasteiger partial charge in [-0.1, -0.05) is 103 Å². The second-order valence-electron chi connectivity index (χ2n) is 12.4. The lowest BCUT2D eigenvalue weighted by molar-refractivity contribution is -0.929. The SMILES string of the molecule is CCCCCCCCCCCCCCCCCCC[N+](CCCCC(=O)O)(CCCCC(=O)O)CCCCC(=O)O. The van der Waals surface area contributed by atoms with E-state index < -0.39 is 17.9 Å². The number of unbranched alkanes of at least 4 members (excludes halogenated alkanes) is 19. The summed E-state index contributed by atoms with van der Waals surface area (Å²) in [6.07, 6.45) is 27.8. The molecule has 0 aliphatic heterocycles. The van der Waals surface area contributed by atoms with Gasteiger partial charge in [-0.05, 0) is 51.4 Å². The lowest BCUT2D eigenvalue weighted by Crippen LogP contribution is -2.51. The first kappa shape index (κ1) is 39.4. The molecule has 3 N–H and O–H groups in total. The molecule has 0 fully saturated rings. The fraction of sp³-hybridized carbons (Fsp3) is 0.912. The molecule has 0 bridgehead atoms. The maximum atomic E-state index is 11.0. The quantitative estimate of drug-likeness (QED) is 0.0523. The van der Waals surface area contributed by atoms with Crippen LogP contribution in [0.25, 0.3) is 0 Å². The monoisotopic (exact) mass is 584 g/mol. The smallest absolute Gasteiger partial charge is 0.303 e. The van der Waals surface area contributed by atoms with E-state index in [1.807, 2.05) is 0 Å². The van der Waals surface area contributed by atoms with Gasteiger partial charge in [0.15, 0.2) is 0 Å². The van der Waals surface area contributed by atoms with Crippen LogP contribution in [0, 0.1) is 0 Å². The van der Waals surface area contributed by atoms with Crippen LogP contribution in [0.15, 0.2) is 0 Å². The first-order valence-electron chi connectivity index (χ1n) is 17.3. The molecular weight excluding hydrogens is 518 g/mol. The average Bonchev–Trinajstić information content (AvgIpc) is 2.93. The van der Waals surface area contributed by atoms with Crippen molar-refractivity contribution in [2.24, 2.45) is 0 Å². The van der Waals surface area contributed by atoms with Crippen LogP contribution in [0.5, 0.6) is 0 Å². The third-order valence-electron chi connectivity index (χ3n) is 8.56. The fourth-order valence-electron chi connectivity index (χ4n) is 6.01. The van der Waals surface area contributed by atoms with Crippen LogP contribution in [0.1, 0.15) is 174 Å². The van der Waals surface area contributed by atoms with Crippen LogP contribution in [-0.2, 0) is 14.4 Å². The van der Waals surface area contributed by atoms with E-state index in [0.29, 0.717) is 19.3 Å². The van der Waals surface area contributed by atoms with Gasteiger partial charge in [-0.3, -0.25) is 14.4 Å².